The minimum atomic E-state index is -1.27. The molecule has 282 valence electrons. The van der Waals surface area contributed by atoms with Crippen LogP contribution in [0.5, 0.6) is 0 Å². The number of amides is 2. The molecule has 3 aliphatic rings. The van der Waals surface area contributed by atoms with E-state index in [1.165, 1.54) is 5.57 Å². The molecule has 0 aliphatic heterocycles. The van der Waals surface area contributed by atoms with E-state index >= 15 is 4.79 Å². The van der Waals surface area contributed by atoms with Crippen molar-refractivity contribution >= 4 is 17.5 Å². The van der Waals surface area contributed by atoms with Gasteiger partial charge >= 0.3 is 6.03 Å². The summed E-state index contributed by atoms with van der Waals surface area (Å²) >= 11 is 0. The molecule has 4 atom stereocenters. The van der Waals surface area contributed by atoms with E-state index in [2.05, 4.69) is 37.4 Å². The number of rotatable bonds is 8. The summed E-state index contributed by atoms with van der Waals surface area (Å²) < 4.78 is 0. The SMILES string of the molecule is CC1=CCCC2(C)C(CCC2(O)CN(Cc2ccccc2)C(=O)Nc2ccccc2)c2ccc(cc2C(=O)c2ccccc2-c2ccccc2)CC(O)CC1. The lowest BCUT2D eigenvalue weighted by atomic mass is 9.64. The number of carbonyl (C=O) groups is 2. The third-order valence-corrected chi connectivity index (χ3v) is 12.2. The largest absolute Gasteiger partial charge is 0.393 e. The number of hydrogen-bond acceptors (Lipinski definition) is 4. The maximum absolute atomic E-state index is 15.0. The van der Waals surface area contributed by atoms with Crippen LogP contribution < -0.4 is 5.32 Å². The van der Waals surface area contributed by atoms with E-state index in [0.717, 1.165) is 40.7 Å². The number of ketones is 1. The fourth-order valence-electron chi connectivity index (χ4n) is 8.94. The van der Waals surface area contributed by atoms with Crippen LogP contribution in [0.1, 0.15) is 90.9 Å². The van der Waals surface area contributed by atoms with Gasteiger partial charge in [0.1, 0.15) is 0 Å². The van der Waals surface area contributed by atoms with Crippen molar-refractivity contribution in [2.24, 2.45) is 5.41 Å². The summed E-state index contributed by atoms with van der Waals surface area (Å²) in [4.78, 5) is 30.9. The lowest BCUT2D eigenvalue weighted by Gasteiger charge is -2.46. The van der Waals surface area contributed by atoms with Crippen LogP contribution in [0.15, 0.2) is 145 Å². The van der Waals surface area contributed by atoms with Crippen LogP contribution in [-0.2, 0) is 13.0 Å². The lowest BCUT2D eigenvalue weighted by Crippen LogP contribution is -2.54. The number of allylic oxidation sites excluding steroid dienone is 2. The predicted octanol–water partition coefficient (Wildman–Crippen LogP) is 10.4. The fourth-order valence-corrected chi connectivity index (χ4v) is 8.94. The molecular formula is C49H52N2O4. The van der Waals surface area contributed by atoms with E-state index in [0.29, 0.717) is 55.5 Å². The number of hydrogen-bond donors (Lipinski definition) is 3. The molecule has 3 N–H and O–H groups in total. The molecule has 3 aliphatic carbocycles. The Balaban J connectivity index is 1.31. The molecule has 0 heterocycles. The standard InChI is InChI=1S/C49H52N2O4/c1-35-15-14-29-48(2)45(28-30-49(48,55)34-51(33-36-16-6-3-7-17-36)47(54)50-39-20-10-5-11-21-39)42-27-25-37(31-40(52)26-24-35)32-44(42)46(53)43-23-13-12-22-41(43)38-18-8-4-9-19-38/h3-13,15-23,25,27,32,40,45,52,55H,14,24,26,28-31,33-34H2,1-2H3,(H,50,54). The molecule has 55 heavy (non-hydrogen) atoms. The highest BCUT2D eigenvalue weighted by atomic mass is 16.3. The molecule has 0 aromatic heterocycles. The Morgan fingerprint density at radius 2 is 1.47 bits per heavy atom. The highest BCUT2D eigenvalue weighted by molar-refractivity contribution is 6.13. The van der Waals surface area contributed by atoms with Crippen LogP contribution >= 0.6 is 0 Å². The zero-order valence-corrected chi connectivity index (χ0v) is 32.0. The molecule has 2 bridgehead atoms. The lowest BCUT2D eigenvalue weighted by molar-refractivity contribution is -0.0773. The van der Waals surface area contributed by atoms with Crippen molar-refractivity contribution in [1.82, 2.24) is 4.90 Å². The molecular weight excluding hydrogens is 681 g/mol. The highest BCUT2D eigenvalue weighted by Crippen LogP contribution is 2.59. The van der Waals surface area contributed by atoms with Gasteiger partial charge in [0.25, 0.3) is 0 Å². The van der Waals surface area contributed by atoms with Crippen LogP contribution in [0, 0.1) is 5.41 Å². The minimum absolute atomic E-state index is 0.0700. The molecule has 5 aromatic carbocycles. The molecule has 0 radical (unpaired) electrons. The van der Waals surface area contributed by atoms with Gasteiger partial charge in [-0.2, -0.15) is 0 Å². The number of nitrogens with zero attached hydrogens (tertiary/aromatic N) is 1. The molecule has 1 fully saturated rings. The second-order valence-corrected chi connectivity index (χ2v) is 15.8. The normalized spacial score (nSPS) is 22.6. The van der Waals surface area contributed by atoms with Crippen LogP contribution in [-0.4, -0.2) is 45.2 Å². The highest BCUT2D eigenvalue weighted by Gasteiger charge is 2.57. The quantitative estimate of drug-likeness (QED) is 0.109. The first-order valence-corrected chi connectivity index (χ1v) is 19.7. The van der Waals surface area contributed by atoms with Crippen molar-refractivity contribution in [1.29, 1.82) is 0 Å². The van der Waals surface area contributed by atoms with Crippen molar-refractivity contribution in [2.75, 3.05) is 11.9 Å². The number of fused-ring (bicyclic) bond motifs is 8. The van der Waals surface area contributed by atoms with Crippen molar-refractivity contribution in [3.05, 3.63) is 173 Å². The average molecular weight is 733 g/mol. The second-order valence-electron chi connectivity index (χ2n) is 15.8. The average Bonchev–Trinajstić information content (AvgIpc) is 3.46. The number of benzene rings is 5. The first kappa shape index (κ1) is 38.0. The van der Waals surface area contributed by atoms with Gasteiger partial charge in [-0.3, -0.25) is 4.79 Å². The van der Waals surface area contributed by atoms with Crippen LogP contribution in [0.2, 0.25) is 0 Å². The van der Waals surface area contributed by atoms with Gasteiger partial charge in [0.05, 0.1) is 18.2 Å². The summed E-state index contributed by atoms with van der Waals surface area (Å²) in [6.45, 7) is 4.74. The van der Waals surface area contributed by atoms with Crippen LogP contribution in [0.3, 0.4) is 0 Å². The Kier molecular flexibility index (Phi) is 11.5. The molecule has 4 unspecified atom stereocenters. The molecule has 5 aromatic rings. The van der Waals surface area contributed by atoms with Gasteiger partial charge in [-0.05, 0) is 104 Å². The number of aliphatic hydroxyl groups excluding tert-OH is 1. The molecule has 8 rings (SSSR count). The van der Waals surface area contributed by atoms with Gasteiger partial charge in [-0.15, -0.1) is 0 Å². The number of urea groups is 1. The van der Waals surface area contributed by atoms with E-state index in [1.54, 1.807) is 4.90 Å². The Labute approximate surface area is 325 Å². The summed E-state index contributed by atoms with van der Waals surface area (Å²) in [5, 5.41) is 27.3. The molecule has 1 saturated carbocycles. The Morgan fingerprint density at radius 3 is 2.22 bits per heavy atom. The summed E-state index contributed by atoms with van der Waals surface area (Å²) in [7, 11) is 0. The number of anilines is 1. The first-order chi connectivity index (χ1) is 26.6. The van der Waals surface area contributed by atoms with E-state index < -0.39 is 17.1 Å². The monoisotopic (exact) mass is 732 g/mol. The Hall–Kier alpha value is -5.30. The summed E-state index contributed by atoms with van der Waals surface area (Å²) in [6, 6.07) is 42.9. The molecule has 6 nitrogen and oxygen atoms in total. The van der Waals surface area contributed by atoms with Gasteiger partial charge in [-0.25, -0.2) is 4.79 Å². The zero-order valence-electron chi connectivity index (χ0n) is 32.0. The van der Waals surface area contributed by atoms with E-state index in [1.807, 2.05) is 121 Å². The van der Waals surface area contributed by atoms with Crippen molar-refractivity contribution in [3.63, 3.8) is 0 Å². The predicted molar refractivity (Wildman–Crippen MR) is 221 cm³/mol. The van der Waals surface area contributed by atoms with Crippen LogP contribution in [0.25, 0.3) is 11.1 Å². The third kappa shape index (κ3) is 8.36. The maximum Gasteiger partial charge on any atom is 0.322 e. The second kappa shape index (κ2) is 16.6. The van der Waals surface area contributed by atoms with E-state index in [-0.39, 0.29) is 24.3 Å². The number of para-hydroxylation sites is 1. The topological polar surface area (TPSA) is 89.9 Å². The summed E-state index contributed by atoms with van der Waals surface area (Å²) in [5.74, 6) is -0.244. The first-order valence-electron chi connectivity index (χ1n) is 19.7. The molecule has 0 spiro atoms. The van der Waals surface area contributed by atoms with Gasteiger partial charge < -0.3 is 20.4 Å². The fraction of sp³-hybridized carbons (Fsp3) is 0.306. The van der Waals surface area contributed by atoms with E-state index in [4.69, 9.17) is 0 Å². The maximum atomic E-state index is 15.0. The van der Waals surface area contributed by atoms with Crippen molar-refractivity contribution in [2.45, 2.75) is 83.0 Å². The Bertz CT molecular complexity index is 2130. The van der Waals surface area contributed by atoms with Crippen molar-refractivity contribution in [3.8, 4) is 11.1 Å². The molecule has 6 heteroatoms. The number of carbonyl (C=O) groups excluding carboxylic acids is 2. The Morgan fingerprint density at radius 1 is 0.800 bits per heavy atom. The minimum Gasteiger partial charge on any atom is -0.393 e. The van der Waals surface area contributed by atoms with Gasteiger partial charge in [0, 0.05) is 28.8 Å². The summed E-state index contributed by atoms with van der Waals surface area (Å²) in [6.07, 6.45) is 6.05. The van der Waals surface area contributed by atoms with Gasteiger partial charge in [0.15, 0.2) is 5.78 Å². The van der Waals surface area contributed by atoms with Crippen molar-refractivity contribution < 1.29 is 19.8 Å². The van der Waals surface area contributed by atoms with Crippen LogP contribution in [0.4, 0.5) is 10.5 Å². The van der Waals surface area contributed by atoms with Gasteiger partial charge in [0.2, 0.25) is 0 Å². The smallest absolute Gasteiger partial charge is 0.322 e. The van der Waals surface area contributed by atoms with E-state index in [9.17, 15) is 15.0 Å². The number of aliphatic hydroxyl groups is 2. The third-order valence-electron chi connectivity index (χ3n) is 12.2. The molecule has 0 saturated heterocycles. The zero-order chi connectivity index (χ0) is 38.4. The molecule has 2 amide bonds. The number of nitrogens with one attached hydrogen (secondary N) is 1. The summed E-state index contributed by atoms with van der Waals surface area (Å²) in [5.41, 5.74) is 5.80. The van der Waals surface area contributed by atoms with Gasteiger partial charge in [-0.1, -0.05) is 134 Å².